The molecule has 0 atom stereocenters. The van der Waals surface area contributed by atoms with Gasteiger partial charge in [-0.1, -0.05) is 18.2 Å². The van der Waals surface area contributed by atoms with Gasteiger partial charge in [-0.3, -0.25) is 14.7 Å². The van der Waals surface area contributed by atoms with Crippen LogP contribution in [0.4, 0.5) is 0 Å². The smallest absolute Gasteiger partial charge is 0.255 e. The lowest BCUT2D eigenvalue weighted by Gasteiger charge is -2.27. The lowest BCUT2D eigenvalue weighted by molar-refractivity contribution is 0.239. The van der Waals surface area contributed by atoms with Gasteiger partial charge in [-0.25, -0.2) is 9.97 Å². The third-order valence-corrected chi connectivity index (χ3v) is 5.24. The Balaban J connectivity index is 1.40. The number of nitrogens with one attached hydrogen (secondary N) is 1. The average molecular weight is 385 g/mol. The molecule has 2 N–H and O–H groups in total. The van der Waals surface area contributed by atoms with Crippen LogP contribution in [0.1, 0.15) is 17.0 Å². The quantitative estimate of drug-likeness (QED) is 0.563. The number of rotatable bonds is 3. The molecule has 1 aliphatic heterocycles. The molecule has 3 aromatic heterocycles. The first kappa shape index (κ1) is 17.5. The lowest BCUT2D eigenvalue weighted by atomic mass is 10.1. The molecule has 1 aromatic carbocycles. The molecule has 1 aliphatic rings. The maximum Gasteiger partial charge on any atom is 0.255 e. The van der Waals surface area contributed by atoms with Gasteiger partial charge in [0.05, 0.1) is 17.0 Å². The highest BCUT2D eigenvalue weighted by Gasteiger charge is 2.22. The number of phenolic OH excluding ortho intramolecular Hbond substituents is 1. The van der Waals surface area contributed by atoms with E-state index in [0.717, 1.165) is 28.9 Å². The minimum Gasteiger partial charge on any atom is -0.506 e. The Morgan fingerprint density at radius 1 is 1.07 bits per heavy atom. The molecular weight excluding hydrogens is 366 g/mol. The third kappa shape index (κ3) is 3.36. The van der Waals surface area contributed by atoms with E-state index in [2.05, 4.69) is 24.8 Å². The Morgan fingerprint density at radius 3 is 2.79 bits per heavy atom. The van der Waals surface area contributed by atoms with Gasteiger partial charge in [0.25, 0.3) is 5.56 Å². The van der Waals surface area contributed by atoms with E-state index in [0.29, 0.717) is 36.4 Å². The SMILES string of the molecule is O=c1[nH]c(-c2ccncc2)nc2c1CN(Cc1ccc3cccc(O)c3n1)CC2. The normalized spacial score (nSPS) is 14.1. The van der Waals surface area contributed by atoms with E-state index >= 15 is 0 Å². The van der Waals surface area contributed by atoms with E-state index in [4.69, 9.17) is 0 Å². The Bertz CT molecular complexity index is 1250. The first-order valence-corrected chi connectivity index (χ1v) is 9.50. The number of hydrogen-bond acceptors (Lipinski definition) is 6. The van der Waals surface area contributed by atoms with Crippen molar-refractivity contribution in [3.8, 4) is 17.1 Å². The van der Waals surface area contributed by atoms with Crippen LogP contribution >= 0.6 is 0 Å². The van der Waals surface area contributed by atoms with Crippen molar-refractivity contribution >= 4 is 10.9 Å². The molecule has 0 fully saturated rings. The molecule has 0 amide bonds. The van der Waals surface area contributed by atoms with Crippen molar-refractivity contribution in [1.29, 1.82) is 0 Å². The van der Waals surface area contributed by atoms with Gasteiger partial charge >= 0.3 is 0 Å². The zero-order chi connectivity index (χ0) is 19.8. The molecule has 29 heavy (non-hydrogen) atoms. The second kappa shape index (κ2) is 7.10. The Hall–Kier alpha value is -3.58. The van der Waals surface area contributed by atoms with Crippen LogP contribution in [-0.2, 0) is 19.5 Å². The number of para-hydroxylation sites is 1. The summed E-state index contributed by atoms with van der Waals surface area (Å²) < 4.78 is 0. The molecule has 4 aromatic rings. The number of aromatic nitrogens is 4. The summed E-state index contributed by atoms with van der Waals surface area (Å²) in [6.07, 6.45) is 4.08. The predicted octanol–water partition coefficient (Wildman–Crippen LogP) is 2.64. The standard InChI is InChI=1S/C22H19N5O2/c28-19-3-1-2-14-4-5-16(24-20(14)19)12-27-11-8-18-17(13-27)22(29)26-21(25-18)15-6-9-23-10-7-15/h1-7,9-10,28H,8,11-13H2,(H,25,26,29). The van der Waals surface area contributed by atoms with Gasteiger partial charge < -0.3 is 10.1 Å². The van der Waals surface area contributed by atoms with E-state index in [9.17, 15) is 9.90 Å². The van der Waals surface area contributed by atoms with Crippen LogP contribution < -0.4 is 5.56 Å². The summed E-state index contributed by atoms with van der Waals surface area (Å²) in [6, 6.07) is 13.0. The monoisotopic (exact) mass is 385 g/mol. The number of aromatic hydroxyl groups is 1. The van der Waals surface area contributed by atoms with Crippen LogP contribution in [0.2, 0.25) is 0 Å². The number of phenols is 1. The van der Waals surface area contributed by atoms with Crippen molar-refractivity contribution in [2.75, 3.05) is 6.54 Å². The van der Waals surface area contributed by atoms with Gasteiger partial charge in [0.15, 0.2) is 0 Å². The summed E-state index contributed by atoms with van der Waals surface area (Å²) in [5.41, 5.74) is 3.76. The molecular formula is C22H19N5O2. The largest absolute Gasteiger partial charge is 0.506 e. The van der Waals surface area contributed by atoms with Crippen molar-refractivity contribution in [3.05, 3.63) is 82.2 Å². The fourth-order valence-corrected chi connectivity index (χ4v) is 3.75. The van der Waals surface area contributed by atoms with Crippen LogP contribution in [0.25, 0.3) is 22.3 Å². The first-order chi connectivity index (χ1) is 14.2. The topological polar surface area (TPSA) is 95.0 Å². The van der Waals surface area contributed by atoms with E-state index in [-0.39, 0.29) is 11.3 Å². The molecule has 0 saturated carbocycles. The summed E-state index contributed by atoms with van der Waals surface area (Å²) in [4.78, 5) is 31.1. The molecule has 0 radical (unpaired) electrons. The zero-order valence-corrected chi connectivity index (χ0v) is 15.7. The van der Waals surface area contributed by atoms with Crippen LogP contribution in [0, 0.1) is 0 Å². The number of aromatic amines is 1. The number of nitrogens with zero attached hydrogens (tertiary/aromatic N) is 4. The average Bonchev–Trinajstić information content (AvgIpc) is 2.75. The van der Waals surface area contributed by atoms with Crippen LogP contribution in [-0.4, -0.2) is 36.5 Å². The molecule has 0 spiro atoms. The maximum atomic E-state index is 12.7. The molecule has 144 valence electrons. The van der Waals surface area contributed by atoms with Crippen LogP contribution in [0.15, 0.2) is 59.7 Å². The number of benzene rings is 1. The van der Waals surface area contributed by atoms with E-state index < -0.39 is 0 Å². The Labute approximate surface area is 166 Å². The fraction of sp³-hybridized carbons (Fsp3) is 0.182. The summed E-state index contributed by atoms with van der Waals surface area (Å²) in [6.45, 7) is 1.92. The van der Waals surface area contributed by atoms with Gasteiger partial charge in [0.1, 0.15) is 17.1 Å². The van der Waals surface area contributed by atoms with Crippen molar-refractivity contribution in [1.82, 2.24) is 24.8 Å². The minimum absolute atomic E-state index is 0.101. The third-order valence-electron chi connectivity index (χ3n) is 5.24. The minimum atomic E-state index is -0.101. The van der Waals surface area contributed by atoms with Gasteiger partial charge in [0, 0.05) is 49.4 Å². The highest BCUT2D eigenvalue weighted by atomic mass is 16.3. The first-order valence-electron chi connectivity index (χ1n) is 9.50. The molecule has 5 rings (SSSR count). The Kier molecular flexibility index (Phi) is 4.29. The number of pyridine rings is 2. The lowest BCUT2D eigenvalue weighted by Crippen LogP contribution is -2.35. The molecule has 0 aliphatic carbocycles. The number of hydrogen-bond donors (Lipinski definition) is 2. The molecule has 0 unspecified atom stereocenters. The fourth-order valence-electron chi connectivity index (χ4n) is 3.75. The summed E-state index contributed by atoms with van der Waals surface area (Å²) in [7, 11) is 0. The van der Waals surface area contributed by atoms with Gasteiger partial charge in [-0.15, -0.1) is 0 Å². The highest BCUT2D eigenvalue weighted by Crippen LogP contribution is 2.24. The predicted molar refractivity (Wildman–Crippen MR) is 109 cm³/mol. The van der Waals surface area contributed by atoms with Crippen LogP contribution in [0.5, 0.6) is 5.75 Å². The molecule has 7 heteroatoms. The Morgan fingerprint density at radius 2 is 1.93 bits per heavy atom. The maximum absolute atomic E-state index is 12.7. The number of fused-ring (bicyclic) bond motifs is 2. The van der Waals surface area contributed by atoms with E-state index in [1.807, 2.05) is 30.3 Å². The molecule has 0 saturated heterocycles. The van der Waals surface area contributed by atoms with Crippen molar-refractivity contribution in [3.63, 3.8) is 0 Å². The second-order valence-electron chi connectivity index (χ2n) is 7.19. The van der Waals surface area contributed by atoms with Crippen molar-refractivity contribution in [2.45, 2.75) is 19.5 Å². The van der Waals surface area contributed by atoms with Gasteiger partial charge in [-0.05, 0) is 24.3 Å². The van der Waals surface area contributed by atoms with E-state index in [1.165, 1.54) is 0 Å². The molecule has 7 nitrogen and oxygen atoms in total. The number of H-pyrrole nitrogens is 1. The van der Waals surface area contributed by atoms with Crippen LogP contribution in [0.3, 0.4) is 0 Å². The van der Waals surface area contributed by atoms with Gasteiger partial charge in [0.2, 0.25) is 0 Å². The summed E-state index contributed by atoms with van der Waals surface area (Å²) >= 11 is 0. The molecule has 0 bridgehead atoms. The summed E-state index contributed by atoms with van der Waals surface area (Å²) in [5.74, 6) is 0.758. The van der Waals surface area contributed by atoms with Crippen molar-refractivity contribution < 1.29 is 5.11 Å². The zero-order valence-electron chi connectivity index (χ0n) is 15.7. The molecule has 4 heterocycles. The highest BCUT2D eigenvalue weighted by molar-refractivity contribution is 5.84. The second-order valence-corrected chi connectivity index (χ2v) is 7.19. The van der Waals surface area contributed by atoms with E-state index in [1.54, 1.807) is 24.5 Å². The van der Waals surface area contributed by atoms with Gasteiger partial charge in [-0.2, -0.15) is 0 Å². The van der Waals surface area contributed by atoms with Crippen molar-refractivity contribution in [2.24, 2.45) is 0 Å². The summed E-state index contributed by atoms with van der Waals surface area (Å²) in [5, 5.41) is 11.0.